The van der Waals surface area contributed by atoms with Gasteiger partial charge in [0.1, 0.15) is 0 Å². The molecule has 0 bridgehead atoms. The molecule has 2 rings (SSSR count). The van der Waals surface area contributed by atoms with E-state index in [0.29, 0.717) is 12.5 Å². The number of carbonyl (C=O) groups excluding carboxylic acids is 1. The molecule has 0 saturated heterocycles. The third-order valence-electron chi connectivity index (χ3n) is 4.22. The fourth-order valence-electron chi connectivity index (χ4n) is 2.82. The van der Waals surface area contributed by atoms with Crippen LogP contribution in [0.5, 0.6) is 0 Å². The van der Waals surface area contributed by atoms with Crippen molar-refractivity contribution in [2.45, 2.75) is 51.0 Å². The third kappa shape index (κ3) is 6.25. The molecule has 4 nitrogen and oxygen atoms in total. The molecule has 1 N–H and O–H groups in total. The topological polar surface area (TPSA) is 45.2 Å². The molecular weight excluding hydrogens is 262 g/mol. The van der Waals surface area contributed by atoms with Crippen LogP contribution >= 0.6 is 0 Å². The van der Waals surface area contributed by atoms with Gasteiger partial charge in [0.05, 0.1) is 0 Å². The van der Waals surface area contributed by atoms with E-state index in [1.807, 2.05) is 24.5 Å². The number of likely N-dealkylation sites (N-methyl/N-ethyl adjacent to an activating group) is 1. The van der Waals surface area contributed by atoms with Crippen molar-refractivity contribution in [3.63, 3.8) is 0 Å². The van der Waals surface area contributed by atoms with Crippen LogP contribution in [0.4, 0.5) is 0 Å². The zero-order valence-electron chi connectivity index (χ0n) is 13.1. The predicted octanol–water partition coefficient (Wildman–Crippen LogP) is 2.39. The lowest BCUT2D eigenvalue weighted by Crippen LogP contribution is -2.37. The van der Waals surface area contributed by atoms with Crippen LogP contribution in [-0.4, -0.2) is 42.0 Å². The Labute approximate surface area is 127 Å². The Kier molecular flexibility index (Phi) is 6.67. The third-order valence-corrected chi connectivity index (χ3v) is 4.22. The first kappa shape index (κ1) is 16.0. The lowest BCUT2D eigenvalue weighted by molar-refractivity contribution is -0.122. The second kappa shape index (κ2) is 8.78. The molecule has 1 aliphatic rings. The van der Waals surface area contributed by atoms with Crippen LogP contribution in [0.3, 0.4) is 0 Å². The highest BCUT2D eigenvalue weighted by Crippen LogP contribution is 2.17. The van der Waals surface area contributed by atoms with E-state index in [2.05, 4.69) is 22.2 Å². The molecule has 0 aromatic carbocycles. The predicted molar refractivity (Wildman–Crippen MR) is 85.1 cm³/mol. The molecule has 1 saturated carbocycles. The van der Waals surface area contributed by atoms with Crippen LogP contribution in [0.1, 0.15) is 44.1 Å². The summed E-state index contributed by atoms with van der Waals surface area (Å²) in [6.45, 7) is 1.80. The largest absolute Gasteiger partial charge is 0.353 e. The van der Waals surface area contributed by atoms with Gasteiger partial charge in [0.2, 0.25) is 5.91 Å². The summed E-state index contributed by atoms with van der Waals surface area (Å²) in [4.78, 5) is 18.2. The normalized spacial score (nSPS) is 16.1. The van der Waals surface area contributed by atoms with E-state index in [0.717, 1.165) is 32.4 Å². The van der Waals surface area contributed by atoms with Crippen LogP contribution in [0.2, 0.25) is 0 Å². The minimum atomic E-state index is 0.206. The zero-order chi connectivity index (χ0) is 14.9. The molecule has 1 aromatic rings. The Hall–Kier alpha value is -1.42. The van der Waals surface area contributed by atoms with Crippen LogP contribution in [0, 0.1) is 0 Å². The maximum atomic E-state index is 11.9. The molecule has 0 radical (unpaired) electrons. The number of carbonyl (C=O) groups is 1. The number of nitrogens with zero attached hydrogens (tertiary/aromatic N) is 2. The van der Waals surface area contributed by atoms with E-state index >= 15 is 0 Å². The average Bonchev–Trinajstić information content (AvgIpc) is 2.53. The molecule has 1 heterocycles. The Morgan fingerprint density at radius 3 is 2.67 bits per heavy atom. The molecule has 1 fully saturated rings. The van der Waals surface area contributed by atoms with Crippen molar-refractivity contribution in [1.29, 1.82) is 0 Å². The van der Waals surface area contributed by atoms with Crippen LogP contribution in [-0.2, 0) is 11.2 Å². The van der Waals surface area contributed by atoms with Gasteiger partial charge in [-0.25, -0.2) is 0 Å². The minimum Gasteiger partial charge on any atom is -0.353 e. The fraction of sp³-hybridized carbons (Fsp3) is 0.647. The Morgan fingerprint density at radius 2 is 1.95 bits per heavy atom. The molecule has 1 amide bonds. The highest BCUT2D eigenvalue weighted by atomic mass is 16.1. The van der Waals surface area contributed by atoms with Gasteiger partial charge in [0, 0.05) is 37.9 Å². The number of hydrogen-bond acceptors (Lipinski definition) is 3. The van der Waals surface area contributed by atoms with Crippen molar-refractivity contribution in [3.8, 4) is 0 Å². The molecule has 1 aliphatic carbocycles. The second-order valence-corrected chi connectivity index (χ2v) is 6.06. The molecule has 1 aromatic heterocycles. The lowest BCUT2D eigenvalue weighted by Gasteiger charge is -2.23. The number of rotatable bonds is 7. The van der Waals surface area contributed by atoms with E-state index in [-0.39, 0.29) is 5.91 Å². The van der Waals surface area contributed by atoms with Crippen molar-refractivity contribution < 1.29 is 4.79 Å². The van der Waals surface area contributed by atoms with Gasteiger partial charge in [-0.3, -0.25) is 9.78 Å². The summed E-state index contributed by atoms with van der Waals surface area (Å²) in [6.07, 6.45) is 11.4. The maximum Gasteiger partial charge on any atom is 0.221 e. The quantitative estimate of drug-likeness (QED) is 0.838. The number of aromatic nitrogens is 1. The summed E-state index contributed by atoms with van der Waals surface area (Å²) in [5, 5.41) is 3.17. The van der Waals surface area contributed by atoms with Gasteiger partial charge in [0.15, 0.2) is 0 Å². The number of pyridine rings is 1. The van der Waals surface area contributed by atoms with E-state index in [1.54, 1.807) is 0 Å². The summed E-state index contributed by atoms with van der Waals surface area (Å²) >= 11 is 0. The van der Waals surface area contributed by atoms with Crippen molar-refractivity contribution in [1.82, 2.24) is 15.2 Å². The zero-order valence-corrected chi connectivity index (χ0v) is 13.1. The first-order valence-electron chi connectivity index (χ1n) is 8.11. The first-order chi connectivity index (χ1) is 10.2. The standard InChI is InChI=1S/C17H27N3O/c1-20(13-9-15-7-11-18-12-8-15)14-10-17(21)19-16-5-3-2-4-6-16/h7-8,11-12,16H,2-6,9-10,13-14H2,1H3,(H,19,21). The molecule has 0 atom stereocenters. The summed E-state index contributed by atoms with van der Waals surface area (Å²) in [7, 11) is 2.08. The number of amides is 1. The molecule has 116 valence electrons. The highest BCUT2D eigenvalue weighted by molar-refractivity contribution is 5.76. The summed E-state index contributed by atoms with van der Waals surface area (Å²) < 4.78 is 0. The van der Waals surface area contributed by atoms with E-state index in [1.165, 1.54) is 24.8 Å². The van der Waals surface area contributed by atoms with Crippen molar-refractivity contribution in [2.75, 3.05) is 20.1 Å². The fourth-order valence-corrected chi connectivity index (χ4v) is 2.82. The molecule has 0 spiro atoms. The monoisotopic (exact) mass is 289 g/mol. The summed E-state index contributed by atoms with van der Waals surface area (Å²) in [5.41, 5.74) is 1.29. The first-order valence-corrected chi connectivity index (χ1v) is 8.11. The van der Waals surface area contributed by atoms with E-state index in [4.69, 9.17) is 0 Å². The highest BCUT2D eigenvalue weighted by Gasteiger charge is 2.15. The van der Waals surface area contributed by atoms with E-state index in [9.17, 15) is 4.79 Å². The van der Waals surface area contributed by atoms with Crippen molar-refractivity contribution >= 4 is 5.91 Å². The molecule has 0 unspecified atom stereocenters. The van der Waals surface area contributed by atoms with Crippen LogP contribution < -0.4 is 5.32 Å². The van der Waals surface area contributed by atoms with Gasteiger partial charge in [-0.05, 0) is 44.0 Å². The summed E-state index contributed by atoms with van der Waals surface area (Å²) in [6, 6.07) is 4.51. The van der Waals surface area contributed by atoms with Crippen LogP contribution in [0.25, 0.3) is 0 Å². The smallest absolute Gasteiger partial charge is 0.221 e. The SMILES string of the molecule is CN(CCC(=O)NC1CCCCC1)CCc1ccncc1. The van der Waals surface area contributed by atoms with Crippen LogP contribution in [0.15, 0.2) is 24.5 Å². The summed E-state index contributed by atoms with van der Waals surface area (Å²) in [5.74, 6) is 0.206. The van der Waals surface area contributed by atoms with Gasteiger partial charge < -0.3 is 10.2 Å². The minimum absolute atomic E-state index is 0.206. The van der Waals surface area contributed by atoms with Gasteiger partial charge in [-0.1, -0.05) is 19.3 Å². The van der Waals surface area contributed by atoms with Gasteiger partial charge >= 0.3 is 0 Å². The number of nitrogens with one attached hydrogen (secondary N) is 1. The number of hydrogen-bond donors (Lipinski definition) is 1. The van der Waals surface area contributed by atoms with Gasteiger partial charge in [-0.2, -0.15) is 0 Å². The lowest BCUT2D eigenvalue weighted by atomic mass is 9.95. The van der Waals surface area contributed by atoms with Gasteiger partial charge in [0.25, 0.3) is 0 Å². The van der Waals surface area contributed by atoms with Gasteiger partial charge in [-0.15, -0.1) is 0 Å². The molecule has 21 heavy (non-hydrogen) atoms. The van der Waals surface area contributed by atoms with E-state index < -0.39 is 0 Å². The Balaban J connectivity index is 1.59. The van der Waals surface area contributed by atoms with Crippen molar-refractivity contribution in [2.24, 2.45) is 0 Å². The maximum absolute atomic E-state index is 11.9. The molecule has 0 aliphatic heterocycles. The Morgan fingerprint density at radius 1 is 1.24 bits per heavy atom. The molecular formula is C17H27N3O. The van der Waals surface area contributed by atoms with Crippen molar-refractivity contribution in [3.05, 3.63) is 30.1 Å². The Bertz CT molecular complexity index is 415. The second-order valence-electron chi connectivity index (χ2n) is 6.06. The molecule has 4 heteroatoms. The average molecular weight is 289 g/mol.